The van der Waals surface area contributed by atoms with Crippen molar-refractivity contribution >= 4 is 35.6 Å². The second kappa shape index (κ2) is 13.1. The Morgan fingerprint density at radius 2 is 1.39 bits per heavy atom. The third-order valence-electron chi connectivity index (χ3n) is 4.36. The van der Waals surface area contributed by atoms with Gasteiger partial charge in [-0.3, -0.25) is 24.0 Å². The molecule has 0 spiro atoms. The van der Waals surface area contributed by atoms with Crippen molar-refractivity contribution in [2.45, 2.75) is 57.3 Å². The predicted octanol–water partition coefficient (Wildman–Crippen LogP) is -3.76. The van der Waals surface area contributed by atoms with Crippen LogP contribution in [0.4, 0.5) is 0 Å². The highest BCUT2D eigenvalue weighted by Gasteiger charge is 2.32. The van der Waals surface area contributed by atoms with Crippen LogP contribution < -0.4 is 27.4 Å². The highest BCUT2D eigenvalue weighted by Crippen LogP contribution is 2.08. The van der Waals surface area contributed by atoms with Gasteiger partial charge < -0.3 is 42.7 Å². The lowest BCUT2D eigenvalue weighted by molar-refractivity contribution is -0.144. The standard InChI is InChI=1S/C17H29N5O9/c1-3-7(2)13(17(30)31)22-16(29)10(6-23)21-15(28)9(5-11(19)24)20-14(27)8(18)4-12(25)26/h7-10,13,23H,3-6,18H2,1-2H3,(H2,19,24)(H,20,27)(H,21,28)(H,22,29)(H,25,26)(H,30,31). The maximum atomic E-state index is 12.4. The van der Waals surface area contributed by atoms with Crippen LogP contribution in [0.5, 0.6) is 0 Å². The number of amides is 4. The van der Waals surface area contributed by atoms with Gasteiger partial charge in [0.2, 0.25) is 23.6 Å². The molecule has 0 aromatic rings. The maximum absolute atomic E-state index is 12.4. The molecule has 0 saturated carbocycles. The van der Waals surface area contributed by atoms with Gasteiger partial charge in [-0.2, -0.15) is 0 Å². The van der Waals surface area contributed by atoms with Gasteiger partial charge in [0, 0.05) is 0 Å². The summed E-state index contributed by atoms with van der Waals surface area (Å²) in [5.41, 5.74) is 10.4. The maximum Gasteiger partial charge on any atom is 0.326 e. The largest absolute Gasteiger partial charge is 0.481 e. The summed E-state index contributed by atoms with van der Waals surface area (Å²) in [5.74, 6) is -7.29. The first-order chi connectivity index (χ1) is 14.3. The van der Waals surface area contributed by atoms with Crippen LogP contribution in [0.15, 0.2) is 0 Å². The zero-order chi connectivity index (χ0) is 24.3. The molecule has 0 radical (unpaired) electrons. The number of carbonyl (C=O) groups excluding carboxylic acids is 4. The zero-order valence-electron chi connectivity index (χ0n) is 17.2. The van der Waals surface area contributed by atoms with Gasteiger partial charge in [0.1, 0.15) is 18.1 Å². The monoisotopic (exact) mass is 447 g/mol. The lowest BCUT2D eigenvalue weighted by Crippen LogP contribution is -2.59. The summed E-state index contributed by atoms with van der Waals surface area (Å²) in [6.07, 6.45) is -1.02. The topological polar surface area (TPSA) is 251 Å². The van der Waals surface area contributed by atoms with Gasteiger partial charge in [0.05, 0.1) is 25.5 Å². The molecule has 4 amide bonds. The average Bonchev–Trinajstić information content (AvgIpc) is 2.67. The molecule has 0 bridgehead atoms. The summed E-state index contributed by atoms with van der Waals surface area (Å²) < 4.78 is 0. The van der Waals surface area contributed by atoms with Crippen LogP contribution >= 0.6 is 0 Å². The van der Waals surface area contributed by atoms with Crippen molar-refractivity contribution in [1.82, 2.24) is 16.0 Å². The highest BCUT2D eigenvalue weighted by atomic mass is 16.4. The highest BCUT2D eigenvalue weighted by molar-refractivity contribution is 5.96. The quantitative estimate of drug-likeness (QED) is 0.129. The van der Waals surface area contributed by atoms with Crippen LogP contribution in [0.1, 0.15) is 33.1 Å². The molecule has 0 heterocycles. The number of hydrogen-bond donors (Lipinski definition) is 8. The van der Waals surface area contributed by atoms with E-state index in [2.05, 4.69) is 16.0 Å². The van der Waals surface area contributed by atoms with Crippen LogP contribution in [-0.4, -0.2) is 81.7 Å². The third-order valence-corrected chi connectivity index (χ3v) is 4.36. The van der Waals surface area contributed by atoms with E-state index in [1.165, 1.54) is 0 Å². The van der Waals surface area contributed by atoms with Gasteiger partial charge >= 0.3 is 11.9 Å². The molecule has 5 unspecified atom stereocenters. The van der Waals surface area contributed by atoms with Crippen LogP contribution in [0, 0.1) is 5.92 Å². The Hall–Kier alpha value is -3.26. The second-order valence-corrected chi connectivity index (χ2v) is 6.89. The molecule has 14 heteroatoms. The normalized spacial score (nSPS) is 15.5. The van der Waals surface area contributed by atoms with E-state index in [-0.39, 0.29) is 0 Å². The van der Waals surface area contributed by atoms with Crippen LogP contribution in [0.3, 0.4) is 0 Å². The van der Waals surface area contributed by atoms with Crippen molar-refractivity contribution in [3.05, 3.63) is 0 Å². The molecular weight excluding hydrogens is 418 g/mol. The molecule has 31 heavy (non-hydrogen) atoms. The van der Waals surface area contributed by atoms with Crippen molar-refractivity contribution < 1.29 is 44.1 Å². The van der Waals surface area contributed by atoms with Crippen molar-refractivity contribution in [2.24, 2.45) is 17.4 Å². The number of aliphatic hydroxyl groups is 1. The van der Waals surface area contributed by atoms with E-state index < -0.39 is 85.1 Å². The summed E-state index contributed by atoms with van der Waals surface area (Å²) in [6.45, 7) is 2.38. The summed E-state index contributed by atoms with van der Waals surface area (Å²) in [6, 6.07) is -6.02. The SMILES string of the molecule is CCC(C)C(NC(=O)C(CO)NC(=O)C(CC(N)=O)NC(=O)C(N)CC(=O)O)C(=O)O. The number of hydrogen-bond acceptors (Lipinski definition) is 8. The van der Waals surface area contributed by atoms with E-state index in [0.29, 0.717) is 6.42 Å². The van der Waals surface area contributed by atoms with E-state index in [0.717, 1.165) is 0 Å². The molecule has 0 saturated heterocycles. The molecule has 0 aromatic heterocycles. The fourth-order valence-corrected chi connectivity index (χ4v) is 2.37. The van der Waals surface area contributed by atoms with Gasteiger partial charge in [0.15, 0.2) is 0 Å². The first-order valence-electron chi connectivity index (χ1n) is 9.34. The Labute approximate surface area is 177 Å². The molecule has 10 N–H and O–H groups in total. The molecule has 0 rings (SSSR count). The van der Waals surface area contributed by atoms with E-state index >= 15 is 0 Å². The number of nitrogens with one attached hydrogen (secondary N) is 3. The lowest BCUT2D eigenvalue weighted by atomic mass is 9.99. The van der Waals surface area contributed by atoms with Crippen LogP contribution in [-0.2, 0) is 28.8 Å². The minimum atomic E-state index is -1.61. The minimum Gasteiger partial charge on any atom is -0.481 e. The predicted molar refractivity (Wildman–Crippen MR) is 104 cm³/mol. The average molecular weight is 447 g/mol. The van der Waals surface area contributed by atoms with Gasteiger partial charge in [-0.05, 0) is 5.92 Å². The molecule has 14 nitrogen and oxygen atoms in total. The van der Waals surface area contributed by atoms with Gasteiger partial charge in [-0.15, -0.1) is 0 Å². The first kappa shape index (κ1) is 27.7. The molecular formula is C17H29N5O9. The summed E-state index contributed by atoms with van der Waals surface area (Å²) >= 11 is 0. The minimum absolute atomic E-state index is 0.427. The number of carboxylic acid groups (broad SMARTS) is 2. The van der Waals surface area contributed by atoms with Gasteiger partial charge in [0.25, 0.3) is 0 Å². The fraction of sp³-hybridized carbons (Fsp3) is 0.647. The van der Waals surface area contributed by atoms with Crippen molar-refractivity contribution in [3.8, 4) is 0 Å². The number of nitrogens with two attached hydrogens (primary N) is 2. The van der Waals surface area contributed by atoms with Crippen molar-refractivity contribution in [2.75, 3.05) is 6.61 Å². The molecule has 5 atom stereocenters. The molecule has 0 fully saturated rings. The van der Waals surface area contributed by atoms with Crippen molar-refractivity contribution in [3.63, 3.8) is 0 Å². The van der Waals surface area contributed by atoms with E-state index in [4.69, 9.17) is 16.6 Å². The molecule has 0 aliphatic heterocycles. The molecule has 0 aliphatic rings. The van der Waals surface area contributed by atoms with Gasteiger partial charge in [-0.1, -0.05) is 20.3 Å². The number of carboxylic acids is 2. The lowest BCUT2D eigenvalue weighted by Gasteiger charge is -2.25. The summed E-state index contributed by atoms with van der Waals surface area (Å²) in [4.78, 5) is 70.0. The Kier molecular flexibility index (Phi) is 11.7. The number of aliphatic carboxylic acids is 2. The van der Waals surface area contributed by atoms with Gasteiger partial charge in [-0.25, -0.2) is 4.79 Å². The summed E-state index contributed by atoms with van der Waals surface area (Å²) in [5, 5.41) is 33.7. The van der Waals surface area contributed by atoms with Crippen LogP contribution in [0.2, 0.25) is 0 Å². The number of rotatable bonds is 14. The van der Waals surface area contributed by atoms with E-state index in [9.17, 15) is 39.0 Å². The molecule has 0 aromatic carbocycles. The van der Waals surface area contributed by atoms with Crippen molar-refractivity contribution in [1.29, 1.82) is 0 Å². The summed E-state index contributed by atoms with van der Waals surface area (Å²) in [7, 11) is 0. The fourth-order valence-electron chi connectivity index (χ4n) is 2.37. The molecule has 176 valence electrons. The Morgan fingerprint density at radius 1 is 0.871 bits per heavy atom. The third kappa shape index (κ3) is 9.86. The number of primary amides is 1. The zero-order valence-corrected chi connectivity index (χ0v) is 17.2. The Morgan fingerprint density at radius 3 is 1.81 bits per heavy atom. The number of aliphatic hydroxyl groups excluding tert-OH is 1. The number of carbonyl (C=O) groups is 6. The second-order valence-electron chi connectivity index (χ2n) is 6.89. The van der Waals surface area contributed by atoms with E-state index in [1.807, 2.05) is 0 Å². The van der Waals surface area contributed by atoms with Crippen LogP contribution in [0.25, 0.3) is 0 Å². The molecule has 0 aliphatic carbocycles. The Bertz CT molecular complexity index is 699. The first-order valence-corrected chi connectivity index (χ1v) is 9.34. The smallest absolute Gasteiger partial charge is 0.326 e. The van der Waals surface area contributed by atoms with E-state index in [1.54, 1.807) is 13.8 Å². The Balaban J connectivity index is 5.32.